The van der Waals surface area contributed by atoms with Crippen LogP contribution in [0, 0.1) is 11.8 Å². The van der Waals surface area contributed by atoms with Gasteiger partial charge in [0.25, 0.3) is 0 Å². The topological polar surface area (TPSA) is 28.4 Å². The highest BCUT2D eigenvalue weighted by atomic mass is 16.3. The van der Waals surface area contributed by atoms with Gasteiger partial charge in [0.2, 0.25) is 0 Å². The number of aryl methyl sites for hydroxylation is 1. The first-order chi connectivity index (χ1) is 28.3. The van der Waals surface area contributed by atoms with E-state index in [2.05, 4.69) is 113 Å². The number of rotatable bonds is 7. The molecule has 3 aromatic rings. The van der Waals surface area contributed by atoms with Crippen LogP contribution < -0.4 is 5.32 Å². The Morgan fingerprint density at radius 2 is 1.54 bits per heavy atom. The van der Waals surface area contributed by atoms with Crippen molar-refractivity contribution in [2.75, 3.05) is 5.32 Å². The lowest BCUT2D eigenvalue weighted by Gasteiger charge is -2.43. The Morgan fingerprint density at radius 3 is 2.46 bits per heavy atom. The molecule has 0 amide bonds. The predicted octanol–water partition coefficient (Wildman–Crippen LogP) is 14.1. The van der Waals surface area contributed by atoms with E-state index in [-0.39, 0.29) is 0 Å². The second-order valence-electron chi connectivity index (χ2n) is 18.4. The van der Waals surface area contributed by atoms with E-state index in [4.69, 9.17) is 4.42 Å². The monoisotopic (exact) mass is 752 g/mol. The van der Waals surface area contributed by atoms with Gasteiger partial charge >= 0.3 is 0 Å². The molecule has 8 aliphatic rings. The second-order valence-corrected chi connectivity index (χ2v) is 18.4. The Bertz CT molecular complexity index is 2280. The van der Waals surface area contributed by atoms with Gasteiger partial charge < -0.3 is 9.73 Å². The number of nitrogens with one attached hydrogen (secondary N) is 1. The maximum atomic E-state index is 6.93. The van der Waals surface area contributed by atoms with Crippen LogP contribution in [-0.4, -0.2) is 23.0 Å². The summed E-state index contributed by atoms with van der Waals surface area (Å²) in [6.07, 6.45) is 47.3. The third-order valence-corrected chi connectivity index (χ3v) is 15.2. The minimum atomic E-state index is 0.382. The lowest BCUT2D eigenvalue weighted by Crippen LogP contribution is -2.47. The molecule has 11 rings (SSSR count). The second kappa shape index (κ2) is 15.4. The van der Waals surface area contributed by atoms with Crippen molar-refractivity contribution < 1.29 is 4.42 Å². The Balaban J connectivity index is 0.964. The van der Waals surface area contributed by atoms with E-state index >= 15 is 0 Å². The summed E-state index contributed by atoms with van der Waals surface area (Å²) < 4.78 is 6.93. The highest BCUT2D eigenvalue weighted by molar-refractivity contribution is 6.05. The highest BCUT2D eigenvalue weighted by Crippen LogP contribution is 2.53. The van der Waals surface area contributed by atoms with Gasteiger partial charge in [-0.2, -0.15) is 0 Å². The summed E-state index contributed by atoms with van der Waals surface area (Å²) >= 11 is 0. The van der Waals surface area contributed by atoms with Crippen molar-refractivity contribution in [1.82, 2.24) is 4.90 Å². The van der Waals surface area contributed by atoms with Crippen LogP contribution in [0.25, 0.3) is 22.6 Å². The number of anilines is 1. The molecular weight excluding hydrogens is 693 g/mol. The molecule has 5 atom stereocenters. The minimum Gasteiger partial charge on any atom is -0.458 e. The molecule has 3 heteroatoms. The minimum absolute atomic E-state index is 0.382. The summed E-state index contributed by atoms with van der Waals surface area (Å²) in [4.78, 5) is 3.10. The van der Waals surface area contributed by atoms with E-state index in [1.165, 1.54) is 104 Å². The molecule has 0 spiro atoms. The summed E-state index contributed by atoms with van der Waals surface area (Å²) in [5.41, 5.74) is 15.2. The molecule has 2 aromatic carbocycles. The van der Waals surface area contributed by atoms with Gasteiger partial charge in [-0.1, -0.05) is 116 Å². The van der Waals surface area contributed by atoms with Gasteiger partial charge in [-0.05, 0) is 147 Å². The van der Waals surface area contributed by atoms with Crippen LogP contribution in [0.1, 0.15) is 138 Å². The number of fused-ring (bicyclic) bond motifs is 6. The molecule has 1 aromatic heterocycles. The Labute approximate surface area is 340 Å². The molecule has 0 bridgehead atoms. The van der Waals surface area contributed by atoms with Crippen LogP contribution in [0.4, 0.5) is 5.69 Å². The lowest BCUT2D eigenvalue weighted by atomic mass is 9.71. The summed E-state index contributed by atoms with van der Waals surface area (Å²) in [5, 5.41) is 5.40. The molecule has 5 unspecified atom stereocenters. The van der Waals surface area contributed by atoms with Crippen molar-refractivity contribution in [3.63, 3.8) is 0 Å². The molecule has 1 N–H and O–H groups in total. The van der Waals surface area contributed by atoms with Gasteiger partial charge in [0, 0.05) is 47.1 Å². The SMILES string of the molecule is C1=Cc2c(oc3c(NC4=C(C5=CCCC=C5C5=CCCC6C7CCC=CC7N(C7CCCCC7)C56)CCCC4)ccc(C4=CC(c5ccccc5)CC=C4)c23)CC1. The largest absolute Gasteiger partial charge is 0.458 e. The van der Waals surface area contributed by atoms with Crippen LogP contribution >= 0.6 is 0 Å². The van der Waals surface area contributed by atoms with Crippen molar-refractivity contribution in [2.45, 2.75) is 140 Å². The number of furan rings is 1. The Hall–Kier alpha value is -4.34. The standard InChI is InChI=1S/C54H60N2O/c1-3-17-36(18-4-1)37-19-15-20-38(35-37)40-33-34-49(54-52(40)47-27-11-14-32-51(47)57-54)55-48-30-12-9-25-43(48)41-23-7-8-24-42(41)45-28-16-29-46-44-26-10-13-31-50(44)56(53(45)46)39-21-5-2-6-22-39/h1,3-4,11,13,15,17-18,20,23-24,27-28,31,33-35,37,39,44,46,50,53,55H,2,5-10,12,14,16,19,21-22,25-26,29-30,32H2. The molecule has 292 valence electrons. The van der Waals surface area contributed by atoms with Gasteiger partial charge in [0.05, 0.1) is 5.69 Å². The maximum Gasteiger partial charge on any atom is 0.158 e. The Morgan fingerprint density at radius 1 is 0.684 bits per heavy atom. The third-order valence-electron chi connectivity index (χ3n) is 15.2. The van der Waals surface area contributed by atoms with Crippen molar-refractivity contribution in [3.8, 4) is 0 Å². The smallest absolute Gasteiger partial charge is 0.158 e. The maximum absolute atomic E-state index is 6.93. The van der Waals surface area contributed by atoms with Crippen molar-refractivity contribution >= 4 is 28.3 Å². The molecule has 1 aliphatic heterocycles. The van der Waals surface area contributed by atoms with E-state index in [1.54, 1.807) is 22.3 Å². The normalized spacial score (nSPS) is 29.0. The molecule has 1 saturated heterocycles. The van der Waals surface area contributed by atoms with Gasteiger partial charge in [0.1, 0.15) is 5.76 Å². The number of allylic oxidation sites excluding steroid dienone is 12. The fourth-order valence-corrected chi connectivity index (χ4v) is 12.6. The predicted molar refractivity (Wildman–Crippen MR) is 238 cm³/mol. The highest BCUT2D eigenvalue weighted by Gasteiger charge is 2.52. The first kappa shape index (κ1) is 35.8. The number of benzene rings is 2. The van der Waals surface area contributed by atoms with Crippen molar-refractivity contribution in [3.05, 3.63) is 148 Å². The van der Waals surface area contributed by atoms with Gasteiger partial charge in [-0.25, -0.2) is 0 Å². The molecular formula is C54H60N2O. The van der Waals surface area contributed by atoms with Gasteiger partial charge in [-0.3, -0.25) is 4.90 Å². The quantitative estimate of drug-likeness (QED) is 0.244. The number of likely N-dealkylation sites (tertiary alicyclic amines) is 1. The Kier molecular flexibility index (Phi) is 9.70. The van der Waals surface area contributed by atoms with Gasteiger partial charge in [-0.15, -0.1) is 0 Å². The van der Waals surface area contributed by atoms with E-state index in [1.807, 2.05) is 0 Å². The van der Waals surface area contributed by atoms with Crippen molar-refractivity contribution in [1.29, 1.82) is 0 Å². The lowest BCUT2D eigenvalue weighted by molar-refractivity contribution is 0.116. The van der Waals surface area contributed by atoms with E-state index in [9.17, 15) is 0 Å². The average molecular weight is 753 g/mol. The van der Waals surface area contributed by atoms with E-state index in [0.29, 0.717) is 18.0 Å². The fourth-order valence-electron chi connectivity index (χ4n) is 12.6. The molecule has 3 nitrogen and oxygen atoms in total. The zero-order valence-electron chi connectivity index (χ0n) is 33.9. The molecule has 2 heterocycles. The average Bonchev–Trinajstić information content (AvgIpc) is 3.85. The number of nitrogens with zero attached hydrogens (tertiary/aromatic N) is 1. The first-order valence-corrected chi connectivity index (χ1v) is 23.0. The van der Waals surface area contributed by atoms with Crippen LogP contribution in [0.3, 0.4) is 0 Å². The molecule has 7 aliphatic carbocycles. The molecule has 1 saturated carbocycles. The summed E-state index contributed by atoms with van der Waals surface area (Å²) in [7, 11) is 0. The summed E-state index contributed by atoms with van der Waals surface area (Å²) in [5.74, 6) is 3.12. The zero-order valence-corrected chi connectivity index (χ0v) is 33.9. The van der Waals surface area contributed by atoms with Crippen LogP contribution in [0.2, 0.25) is 0 Å². The van der Waals surface area contributed by atoms with E-state index < -0.39 is 0 Å². The van der Waals surface area contributed by atoms with E-state index in [0.717, 1.165) is 79.9 Å². The number of hydrogen-bond donors (Lipinski definition) is 1. The van der Waals surface area contributed by atoms with Crippen LogP contribution in [-0.2, 0) is 6.42 Å². The molecule has 57 heavy (non-hydrogen) atoms. The van der Waals surface area contributed by atoms with Gasteiger partial charge in [0.15, 0.2) is 5.58 Å². The number of hydrogen-bond acceptors (Lipinski definition) is 3. The van der Waals surface area contributed by atoms with Crippen LogP contribution in [0.5, 0.6) is 0 Å². The zero-order chi connectivity index (χ0) is 37.7. The summed E-state index contributed by atoms with van der Waals surface area (Å²) in [6, 6.07) is 17.6. The van der Waals surface area contributed by atoms with Crippen LogP contribution in [0.15, 0.2) is 130 Å². The third kappa shape index (κ3) is 6.44. The summed E-state index contributed by atoms with van der Waals surface area (Å²) in [6.45, 7) is 0. The van der Waals surface area contributed by atoms with Crippen molar-refractivity contribution in [2.24, 2.45) is 11.8 Å². The first-order valence-electron chi connectivity index (χ1n) is 23.0. The molecule has 2 fully saturated rings. The molecule has 0 radical (unpaired) electrons. The fraction of sp³-hybridized carbons (Fsp3) is 0.444.